The topological polar surface area (TPSA) is 26.3 Å². The Morgan fingerprint density at radius 1 is 1.58 bits per heavy atom. The Balaban J connectivity index is 3.05. The predicted molar refractivity (Wildman–Crippen MR) is 48.9 cm³/mol. The smallest absolute Gasteiger partial charge is 0.337 e. The number of benzene rings is 1. The number of rotatable bonds is 1. The van der Waals surface area contributed by atoms with E-state index < -0.39 is 0 Å². The highest BCUT2D eigenvalue weighted by molar-refractivity contribution is 9.10. The average molecular weight is 227 g/mol. The molecule has 0 atom stereocenters. The normalized spacial score (nSPS) is 9.58. The van der Waals surface area contributed by atoms with Gasteiger partial charge in [0.1, 0.15) is 0 Å². The molecule has 62 valence electrons. The molecule has 0 saturated heterocycles. The second-order valence-electron chi connectivity index (χ2n) is 2.23. The van der Waals surface area contributed by atoms with Gasteiger partial charge in [-0.3, -0.25) is 0 Å². The molecule has 3 heteroatoms. The third-order valence-electron chi connectivity index (χ3n) is 1.42. The molecular formula is C9H7BrO2. The zero-order valence-electron chi connectivity index (χ0n) is 6.50. The highest BCUT2D eigenvalue weighted by Gasteiger charge is 2.05. The summed E-state index contributed by atoms with van der Waals surface area (Å²) in [4.78, 5) is 11.0. The van der Waals surface area contributed by atoms with E-state index in [-0.39, 0.29) is 5.97 Å². The van der Waals surface area contributed by atoms with Crippen LogP contribution in [0.1, 0.15) is 15.9 Å². The Morgan fingerprint density at radius 3 is 2.75 bits per heavy atom. The van der Waals surface area contributed by atoms with Crippen LogP contribution in [0.25, 0.3) is 0 Å². The minimum absolute atomic E-state index is 0.380. The van der Waals surface area contributed by atoms with Gasteiger partial charge in [-0.05, 0) is 23.8 Å². The van der Waals surface area contributed by atoms with Crippen LogP contribution in [0, 0.1) is 6.92 Å². The van der Waals surface area contributed by atoms with Crippen LogP contribution in [0.5, 0.6) is 0 Å². The van der Waals surface area contributed by atoms with E-state index >= 15 is 0 Å². The van der Waals surface area contributed by atoms with E-state index in [4.69, 9.17) is 6.92 Å². The van der Waals surface area contributed by atoms with Gasteiger partial charge >= 0.3 is 5.97 Å². The molecule has 12 heavy (non-hydrogen) atoms. The zero-order chi connectivity index (χ0) is 9.14. The Labute approximate surface area is 79.7 Å². The molecule has 0 heterocycles. The van der Waals surface area contributed by atoms with Crippen molar-refractivity contribution in [3.05, 3.63) is 40.7 Å². The molecule has 0 aromatic heterocycles. The van der Waals surface area contributed by atoms with E-state index in [0.29, 0.717) is 11.1 Å². The van der Waals surface area contributed by atoms with Crippen molar-refractivity contribution in [2.24, 2.45) is 0 Å². The van der Waals surface area contributed by atoms with Crippen molar-refractivity contribution in [1.82, 2.24) is 0 Å². The zero-order valence-corrected chi connectivity index (χ0v) is 8.09. The minimum atomic E-state index is -0.380. The third kappa shape index (κ3) is 1.85. The van der Waals surface area contributed by atoms with Gasteiger partial charge in [0.05, 0.1) is 12.7 Å². The van der Waals surface area contributed by atoms with Crippen LogP contribution < -0.4 is 0 Å². The summed E-state index contributed by atoms with van der Waals surface area (Å²) in [5, 5.41) is 0. The molecule has 1 rings (SSSR count). The van der Waals surface area contributed by atoms with Crippen molar-refractivity contribution in [3.63, 3.8) is 0 Å². The number of carbonyl (C=O) groups excluding carboxylic acids is 1. The van der Waals surface area contributed by atoms with E-state index in [1.165, 1.54) is 7.11 Å². The summed E-state index contributed by atoms with van der Waals surface area (Å²) in [5.74, 6) is -0.380. The Kier molecular flexibility index (Phi) is 2.87. The van der Waals surface area contributed by atoms with Crippen molar-refractivity contribution in [1.29, 1.82) is 0 Å². The summed E-state index contributed by atoms with van der Waals surface area (Å²) >= 11 is 3.22. The van der Waals surface area contributed by atoms with Crippen LogP contribution in [0.15, 0.2) is 22.7 Å². The predicted octanol–water partition coefficient (Wildman–Crippen LogP) is 2.29. The fraction of sp³-hybridized carbons (Fsp3) is 0.111. The van der Waals surface area contributed by atoms with E-state index in [2.05, 4.69) is 20.7 Å². The van der Waals surface area contributed by atoms with Gasteiger partial charge in [0.2, 0.25) is 0 Å². The summed E-state index contributed by atoms with van der Waals surface area (Å²) < 4.78 is 5.29. The van der Waals surface area contributed by atoms with E-state index in [0.717, 1.165) is 4.47 Å². The van der Waals surface area contributed by atoms with Gasteiger partial charge in [-0.2, -0.15) is 0 Å². The van der Waals surface area contributed by atoms with Crippen molar-refractivity contribution in [3.8, 4) is 0 Å². The monoisotopic (exact) mass is 226 g/mol. The van der Waals surface area contributed by atoms with Gasteiger partial charge in [0.25, 0.3) is 0 Å². The second-order valence-corrected chi connectivity index (χ2v) is 3.08. The molecule has 0 aliphatic heterocycles. The molecule has 0 spiro atoms. The number of ether oxygens (including phenoxy) is 1. The van der Waals surface area contributed by atoms with Crippen molar-refractivity contribution < 1.29 is 9.53 Å². The largest absolute Gasteiger partial charge is 0.465 e. The standard InChI is InChI=1S/C9H7BrO2/c1-6-5-7(9(11)12-2)3-4-8(6)10/h1,3-5H,2H3. The molecule has 0 aliphatic carbocycles. The summed E-state index contributed by atoms with van der Waals surface area (Å²) in [6.07, 6.45) is 0. The first-order chi connectivity index (χ1) is 5.65. The summed E-state index contributed by atoms with van der Waals surface area (Å²) in [7, 11) is 1.33. The number of methoxy groups -OCH3 is 1. The molecule has 0 aliphatic rings. The lowest BCUT2D eigenvalue weighted by molar-refractivity contribution is 0.0600. The molecule has 0 fully saturated rings. The number of halogens is 1. The third-order valence-corrected chi connectivity index (χ3v) is 2.14. The maximum atomic E-state index is 11.0. The quantitative estimate of drug-likeness (QED) is 0.688. The highest BCUT2D eigenvalue weighted by atomic mass is 79.9. The Morgan fingerprint density at radius 2 is 2.25 bits per heavy atom. The number of esters is 1. The number of carbonyl (C=O) groups is 1. The van der Waals surface area contributed by atoms with Gasteiger partial charge < -0.3 is 4.74 Å². The lowest BCUT2D eigenvalue weighted by atomic mass is 10.1. The minimum Gasteiger partial charge on any atom is -0.465 e. The summed E-state index contributed by atoms with van der Waals surface area (Å²) in [6.45, 7) is 5.56. The Bertz CT molecular complexity index is 307. The lowest BCUT2D eigenvalue weighted by Crippen LogP contribution is -2.00. The van der Waals surface area contributed by atoms with Gasteiger partial charge in [-0.25, -0.2) is 4.79 Å². The molecule has 0 amide bonds. The summed E-state index contributed by atoms with van der Waals surface area (Å²) in [6, 6.07) is 4.92. The van der Waals surface area contributed by atoms with Crippen LogP contribution >= 0.6 is 15.9 Å². The van der Waals surface area contributed by atoms with Crippen LogP contribution in [0.2, 0.25) is 0 Å². The average Bonchev–Trinajstić information content (AvgIpc) is 2.08. The highest BCUT2D eigenvalue weighted by Crippen LogP contribution is 2.17. The molecule has 1 aromatic carbocycles. The number of hydrogen-bond acceptors (Lipinski definition) is 2. The van der Waals surface area contributed by atoms with E-state index in [1.807, 2.05) is 0 Å². The second kappa shape index (κ2) is 3.72. The molecule has 1 aromatic rings. The molecule has 0 saturated carbocycles. The molecule has 0 N–H and O–H groups in total. The van der Waals surface area contributed by atoms with E-state index in [1.54, 1.807) is 18.2 Å². The van der Waals surface area contributed by atoms with Crippen LogP contribution in [-0.4, -0.2) is 13.1 Å². The van der Waals surface area contributed by atoms with Gasteiger partial charge in [0.15, 0.2) is 0 Å². The van der Waals surface area contributed by atoms with Crippen LogP contribution in [-0.2, 0) is 4.74 Å². The van der Waals surface area contributed by atoms with Crippen molar-refractivity contribution in [2.75, 3.05) is 7.11 Å². The fourth-order valence-corrected chi connectivity index (χ4v) is 1.04. The maximum absolute atomic E-state index is 11.0. The Hall–Kier alpha value is -0.830. The van der Waals surface area contributed by atoms with E-state index in [9.17, 15) is 4.79 Å². The van der Waals surface area contributed by atoms with Crippen LogP contribution in [0.3, 0.4) is 0 Å². The fourth-order valence-electron chi connectivity index (χ4n) is 0.789. The first-order valence-corrected chi connectivity index (χ1v) is 4.08. The van der Waals surface area contributed by atoms with Gasteiger partial charge in [0, 0.05) is 11.4 Å². The first-order valence-electron chi connectivity index (χ1n) is 3.28. The lowest BCUT2D eigenvalue weighted by Gasteiger charge is -2.01. The van der Waals surface area contributed by atoms with Gasteiger partial charge in [-0.1, -0.05) is 15.9 Å². The van der Waals surface area contributed by atoms with Crippen LogP contribution in [0.4, 0.5) is 0 Å². The number of hydrogen-bond donors (Lipinski definition) is 0. The molecule has 0 unspecified atom stereocenters. The van der Waals surface area contributed by atoms with Crippen molar-refractivity contribution in [2.45, 2.75) is 0 Å². The molecule has 0 bridgehead atoms. The summed E-state index contributed by atoms with van der Waals surface area (Å²) in [5.41, 5.74) is 0.983. The molecular weight excluding hydrogens is 220 g/mol. The maximum Gasteiger partial charge on any atom is 0.337 e. The first kappa shape index (κ1) is 9.26. The van der Waals surface area contributed by atoms with Crippen molar-refractivity contribution >= 4 is 21.9 Å². The molecule has 2 radical (unpaired) electrons. The molecule has 2 nitrogen and oxygen atoms in total. The SMILES string of the molecule is [CH]c1cc(C(=O)OC)ccc1Br. The van der Waals surface area contributed by atoms with Gasteiger partial charge in [-0.15, -0.1) is 0 Å².